The molecule has 1 aliphatic rings. The number of nitrogens with zero attached hydrogens (tertiary/aromatic N) is 1. The smallest absolute Gasteiger partial charge is 0.265 e. The van der Waals surface area contributed by atoms with Crippen LogP contribution in [0, 0.1) is 0 Å². The molecule has 88 valence electrons. The van der Waals surface area contributed by atoms with Crippen molar-refractivity contribution in [3.63, 3.8) is 0 Å². The molecule has 5 heteroatoms. The van der Waals surface area contributed by atoms with Gasteiger partial charge in [0.25, 0.3) is 5.56 Å². The lowest BCUT2D eigenvalue weighted by molar-refractivity contribution is 0.876. The molecule has 1 saturated carbocycles. The van der Waals surface area contributed by atoms with Crippen LogP contribution < -0.4 is 5.56 Å². The van der Waals surface area contributed by atoms with Crippen LogP contribution in [-0.4, -0.2) is 9.97 Å². The van der Waals surface area contributed by atoms with Crippen molar-refractivity contribution in [1.82, 2.24) is 9.97 Å². The van der Waals surface area contributed by atoms with Gasteiger partial charge in [-0.05, 0) is 40.2 Å². The highest BCUT2D eigenvalue weighted by Crippen LogP contribution is 2.41. The van der Waals surface area contributed by atoms with Crippen molar-refractivity contribution in [2.24, 2.45) is 0 Å². The highest BCUT2D eigenvalue weighted by Gasteiger charge is 2.28. The van der Waals surface area contributed by atoms with Crippen molar-refractivity contribution in [2.45, 2.75) is 25.2 Å². The fourth-order valence-corrected chi connectivity index (χ4v) is 3.03. The van der Waals surface area contributed by atoms with Crippen LogP contribution in [-0.2, 0) is 6.42 Å². The zero-order chi connectivity index (χ0) is 11.8. The van der Waals surface area contributed by atoms with E-state index in [9.17, 15) is 4.79 Å². The van der Waals surface area contributed by atoms with Gasteiger partial charge in [-0.25, -0.2) is 4.98 Å². The molecule has 1 aliphatic carbocycles. The fourth-order valence-electron chi connectivity index (χ4n) is 1.81. The van der Waals surface area contributed by atoms with E-state index >= 15 is 0 Å². The average molecular weight is 311 g/mol. The van der Waals surface area contributed by atoms with Crippen LogP contribution in [0.5, 0.6) is 0 Å². The van der Waals surface area contributed by atoms with E-state index in [-0.39, 0.29) is 5.56 Å². The number of rotatable bonds is 3. The summed E-state index contributed by atoms with van der Waals surface area (Å²) in [5.41, 5.74) is 0.869. The molecule has 3 rings (SSSR count). The van der Waals surface area contributed by atoms with Gasteiger partial charge in [-0.15, -0.1) is 11.3 Å². The molecule has 1 fully saturated rings. The second kappa shape index (κ2) is 4.38. The Morgan fingerprint density at radius 2 is 2.35 bits per heavy atom. The molecule has 17 heavy (non-hydrogen) atoms. The Morgan fingerprint density at radius 3 is 3.00 bits per heavy atom. The number of thiophene rings is 1. The SMILES string of the molecule is O=c1[nH]c(Cc2cccs2)nc(C2CC2)c1Br. The maximum absolute atomic E-state index is 11.8. The summed E-state index contributed by atoms with van der Waals surface area (Å²) in [5.74, 6) is 1.25. The Balaban J connectivity index is 1.97. The van der Waals surface area contributed by atoms with Gasteiger partial charge in [-0.2, -0.15) is 0 Å². The largest absolute Gasteiger partial charge is 0.309 e. The molecule has 0 aliphatic heterocycles. The molecule has 0 bridgehead atoms. The van der Waals surface area contributed by atoms with Gasteiger partial charge < -0.3 is 4.98 Å². The third-order valence-corrected chi connectivity index (χ3v) is 4.47. The van der Waals surface area contributed by atoms with Gasteiger partial charge in [0.05, 0.1) is 5.69 Å². The van der Waals surface area contributed by atoms with Gasteiger partial charge in [0.2, 0.25) is 0 Å². The molecule has 2 aromatic heterocycles. The maximum Gasteiger partial charge on any atom is 0.265 e. The molecule has 0 radical (unpaired) electrons. The van der Waals surface area contributed by atoms with E-state index in [0.717, 1.165) is 24.4 Å². The number of aromatic amines is 1. The number of H-pyrrole nitrogens is 1. The second-order valence-corrected chi connectivity index (χ2v) is 6.07. The zero-order valence-corrected chi connectivity index (χ0v) is 11.5. The Bertz CT molecular complexity index is 587. The Morgan fingerprint density at radius 1 is 1.53 bits per heavy atom. The Labute approximate surface area is 111 Å². The lowest BCUT2D eigenvalue weighted by Gasteiger charge is -2.04. The minimum absolute atomic E-state index is 0.0616. The van der Waals surface area contributed by atoms with Crippen LogP contribution in [0.1, 0.15) is 35.2 Å². The standard InChI is InChI=1S/C12H11BrN2OS/c13-10-11(7-3-4-7)14-9(15-12(10)16)6-8-2-1-5-17-8/h1-2,5,7H,3-4,6H2,(H,14,15,16). The molecule has 0 aromatic carbocycles. The zero-order valence-electron chi connectivity index (χ0n) is 9.07. The third kappa shape index (κ3) is 2.35. The van der Waals surface area contributed by atoms with Crippen molar-refractivity contribution in [3.05, 3.63) is 48.7 Å². The monoisotopic (exact) mass is 310 g/mol. The number of hydrogen-bond donors (Lipinski definition) is 1. The minimum atomic E-state index is -0.0616. The predicted octanol–water partition coefficient (Wildman–Crippen LogP) is 3.06. The van der Waals surface area contributed by atoms with Gasteiger partial charge in [0.1, 0.15) is 10.3 Å². The van der Waals surface area contributed by atoms with Crippen molar-refractivity contribution in [2.75, 3.05) is 0 Å². The summed E-state index contributed by atoms with van der Waals surface area (Å²) in [5, 5.41) is 2.04. The Hall–Kier alpha value is -0.940. The summed E-state index contributed by atoms with van der Waals surface area (Å²) in [6.07, 6.45) is 3.00. The van der Waals surface area contributed by atoms with Crippen LogP contribution in [0.2, 0.25) is 0 Å². The van der Waals surface area contributed by atoms with Gasteiger partial charge in [0, 0.05) is 17.2 Å². The summed E-state index contributed by atoms with van der Waals surface area (Å²) < 4.78 is 0.606. The number of aromatic nitrogens is 2. The van der Waals surface area contributed by atoms with Crippen molar-refractivity contribution in [3.8, 4) is 0 Å². The van der Waals surface area contributed by atoms with Crippen molar-refractivity contribution in [1.29, 1.82) is 0 Å². The molecule has 3 nitrogen and oxygen atoms in total. The van der Waals surface area contributed by atoms with Gasteiger partial charge in [-0.1, -0.05) is 6.07 Å². The summed E-state index contributed by atoms with van der Waals surface area (Å²) >= 11 is 5.01. The highest BCUT2D eigenvalue weighted by molar-refractivity contribution is 9.10. The van der Waals surface area contributed by atoms with Crippen molar-refractivity contribution >= 4 is 27.3 Å². The number of nitrogens with one attached hydrogen (secondary N) is 1. The Kier molecular flexibility index (Phi) is 2.88. The highest BCUT2D eigenvalue weighted by atomic mass is 79.9. The summed E-state index contributed by atoms with van der Waals surface area (Å²) in [4.78, 5) is 20.4. The van der Waals surface area contributed by atoms with E-state index in [4.69, 9.17) is 0 Å². The van der Waals surface area contributed by atoms with E-state index in [2.05, 4.69) is 32.0 Å². The first kappa shape index (κ1) is 11.2. The topological polar surface area (TPSA) is 45.8 Å². The molecule has 0 saturated heterocycles. The quantitative estimate of drug-likeness (QED) is 0.947. The van der Waals surface area contributed by atoms with Crippen LogP contribution in [0.25, 0.3) is 0 Å². The second-order valence-electron chi connectivity index (χ2n) is 4.24. The van der Waals surface area contributed by atoms with Crippen LogP contribution >= 0.6 is 27.3 Å². The first-order chi connectivity index (χ1) is 8.24. The third-order valence-electron chi connectivity index (χ3n) is 2.82. The molecule has 2 aromatic rings. The number of halogens is 1. The average Bonchev–Trinajstić information content (AvgIpc) is 3.02. The first-order valence-electron chi connectivity index (χ1n) is 5.55. The molecule has 2 heterocycles. The van der Waals surface area contributed by atoms with E-state index in [1.54, 1.807) is 11.3 Å². The van der Waals surface area contributed by atoms with E-state index in [0.29, 0.717) is 16.8 Å². The summed E-state index contributed by atoms with van der Waals surface area (Å²) in [6.45, 7) is 0. The van der Waals surface area contributed by atoms with Gasteiger partial charge in [0.15, 0.2) is 0 Å². The number of hydrogen-bond acceptors (Lipinski definition) is 3. The van der Waals surface area contributed by atoms with E-state index in [1.807, 2.05) is 11.4 Å². The summed E-state index contributed by atoms with van der Waals surface area (Å²) in [6, 6.07) is 4.07. The minimum Gasteiger partial charge on any atom is -0.309 e. The van der Waals surface area contributed by atoms with E-state index in [1.165, 1.54) is 4.88 Å². The molecule has 0 atom stereocenters. The van der Waals surface area contributed by atoms with Crippen molar-refractivity contribution < 1.29 is 0 Å². The molecule has 1 N–H and O–H groups in total. The predicted molar refractivity (Wildman–Crippen MR) is 71.7 cm³/mol. The van der Waals surface area contributed by atoms with Crippen LogP contribution in [0.4, 0.5) is 0 Å². The molecule has 0 amide bonds. The summed E-state index contributed by atoms with van der Waals surface area (Å²) in [7, 11) is 0. The fraction of sp³-hybridized carbons (Fsp3) is 0.333. The van der Waals surface area contributed by atoms with Gasteiger partial charge >= 0.3 is 0 Å². The maximum atomic E-state index is 11.8. The van der Waals surface area contributed by atoms with E-state index < -0.39 is 0 Å². The van der Waals surface area contributed by atoms with Gasteiger partial charge in [-0.3, -0.25) is 4.79 Å². The normalized spacial score (nSPS) is 15.1. The lowest BCUT2D eigenvalue weighted by atomic mass is 10.2. The van der Waals surface area contributed by atoms with Crippen LogP contribution in [0.3, 0.4) is 0 Å². The molecule has 0 spiro atoms. The lowest BCUT2D eigenvalue weighted by Crippen LogP contribution is -2.15. The molecular formula is C12H11BrN2OS. The molecule has 0 unspecified atom stereocenters. The molecular weight excluding hydrogens is 300 g/mol. The first-order valence-corrected chi connectivity index (χ1v) is 7.22. The van der Waals surface area contributed by atoms with Crippen LogP contribution in [0.15, 0.2) is 26.8 Å².